The Bertz CT molecular complexity index is 4290. The van der Waals surface area contributed by atoms with E-state index < -0.39 is 63.1 Å². The van der Waals surface area contributed by atoms with Crippen molar-refractivity contribution in [2.24, 2.45) is 0 Å². The lowest BCUT2D eigenvalue weighted by molar-refractivity contribution is 0.401. The highest BCUT2D eigenvalue weighted by atomic mass is 16.3. The molecule has 0 aromatic heterocycles. The highest BCUT2D eigenvalue weighted by Crippen LogP contribution is 2.54. The molecule has 15 N–H and O–H groups in total. The number of hydrogen-bond acceptors (Lipinski definition) is 15. The first-order chi connectivity index (χ1) is 43.1. The largest absolute Gasteiger partial charge is 0.507 e. The van der Waals surface area contributed by atoms with Crippen LogP contribution in [0, 0.1) is 62.3 Å². The van der Waals surface area contributed by atoms with E-state index in [-0.39, 0.29) is 51.7 Å². The van der Waals surface area contributed by atoms with E-state index in [0.29, 0.717) is 117 Å². The van der Waals surface area contributed by atoms with Gasteiger partial charge in [0.25, 0.3) is 0 Å². The fraction of sp³-hybridized carbons (Fsp3) is 0.221. The average Bonchev–Trinajstić information content (AvgIpc) is 0.741. The fourth-order valence-corrected chi connectivity index (χ4v) is 13.5. The Morgan fingerprint density at radius 1 is 0.207 bits per heavy atom. The normalized spacial score (nSPS) is 12.0. The summed E-state index contributed by atoms with van der Waals surface area (Å²) in [6.07, 6.45) is 0. The fourth-order valence-electron chi connectivity index (χ4n) is 13.5. The summed E-state index contributed by atoms with van der Waals surface area (Å²) in [5.41, 5.74) is 9.77. The lowest BCUT2D eigenvalue weighted by atomic mass is 9.67. The van der Waals surface area contributed by atoms with Crippen LogP contribution in [0.1, 0.15) is 166 Å². The lowest BCUT2D eigenvalue weighted by Gasteiger charge is -2.36. The van der Waals surface area contributed by atoms with E-state index in [0.717, 1.165) is 11.1 Å². The van der Waals surface area contributed by atoms with Gasteiger partial charge < -0.3 is 76.6 Å². The maximum absolute atomic E-state index is 12.6. The van der Waals surface area contributed by atoms with E-state index in [4.69, 9.17) is 0 Å². The second-order valence-electron chi connectivity index (χ2n) is 25.5. The highest BCUT2D eigenvalue weighted by molar-refractivity contribution is 5.68. The Labute approximate surface area is 533 Å². The van der Waals surface area contributed by atoms with Gasteiger partial charge in [0, 0.05) is 45.3 Å². The predicted octanol–water partition coefficient (Wildman–Crippen LogP) is 15.3. The molecule has 474 valence electrons. The maximum atomic E-state index is 12.6. The molecule has 0 radical (unpaired) electrons. The number of benzene rings is 10. The van der Waals surface area contributed by atoms with Crippen molar-refractivity contribution in [2.75, 3.05) is 0 Å². The molecule has 10 aromatic carbocycles. The van der Waals surface area contributed by atoms with E-state index >= 15 is 0 Å². The van der Waals surface area contributed by atoms with Crippen molar-refractivity contribution in [1.29, 1.82) is 0 Å². The molecule has 0 aliphatic carbocycles. The van der Waals surface area contributed by atoms with E-state index in [9.17, 15) is 76.6 Å². The standard InChI is InChI=1S/C77H76O15/c1-35-20-58(78)64(84)29-49(35)70(50-30-65(85)59(79)21-36(50)2)55-26-46(17-41(7)73(55)90)76(10,11)44-13-15-45(16-14-44)77(12,47-18-42(8)74(91)56(27-47)71(51-31-66(86)60(80)22-37(51)3)52-32-67(87)61(81)23-38(52)4)48-19-43(9)75(92)57(28-48)72(53-33-68(88)62(82)24-39(53)5)54-34-69(89)63(83)25-40(54)6/h13-34,70-72,78-92H,1-12H3. The molecule has 15 heteroatoms. The second-order valence-corrected chi connectivity index (χ2v) is 25.5. The predicted molar refractivity (Wildman–Crippen MR) is 353 cm³/mol. The van der Waals surface area contributed by atoms with Gasteiger partial charge in [-0.15, -0.1) is 0 Å². The summed E-state index contributed by atoms with van der Waals surface area (Å²) in [4.78, 5) is 0. The Hall–Kier alpha value is -10.8. The molecule has 0 atom stereocenters. The van der Waals surface area contributed by atoms with Crippen LogP contribution in [0.15, 0.2) is 133 Å². The molecule has 0 saturated carbocycles. The Morgan fingerprint density at radius 2 is 0.402 bits per heavy atom. The van der Waals surface area contributed by atoms with Crippen LogP contribution in [0.2, 0.25) is 0 Å². The molecule has 0 amide bonds. The highest BCUT2D eigenvalue weighted by Gasteiger charge is 2.39. The van der Waals surface area contributed by atoms with Crippen LogP contribution in [-0.2, 0) is 10.8 Å². The summed E-state index contributed by atoms with van der Waals surface area (Å²) in [5, 5.41) is 168. The van der Waals surface area contributed by atoms with E-state index in [1.807, 2.05) is 81.4 Å². The summed E-state index contributed by atoms with van der Waals surface area (Å²) >= 11 is 0. The zero-order valence-corrected chi connectivity index (χ0v) is 53.1. The number of aromatic hydroxyl groups is 15. The van der Waals surface area contributed by atoms with E-state index in [1.165, 1.54) is 72.8 Å². The number of hydrogen-bond donors (Lipinski definition) is 15. The van der Waals surface area contributed by atoms with Crippen LogP contribution in [0.25, 0.3) is 0 Å². The molecular weight excluding hydrogens is 1160 g/mol. The second kappa shape index (κ2) is 23.5. The van der Waals surface area contributed by atoms with Crippen molar-refractivity contribution in [1.82, 2.24) is 0 Å². The van der Waals surface area contributed by atoms with Gasteiger partial charge in [0.05, 0.1) is 0 Å². The van der Waals surface area contributed by atoms with E-state index in [2.05, 4.69) is 0 Å². The number of phenolic OH excluding ortho intramolecular Hbond substituents is 15. The van der Waals surface area contributed by atoms with Gasteiger partial charge in [-0.2, -0.15) is 0 Å². The monoisotopic (exact) mass is 1240 g/mol. The zero-order valence-electron chi connectivity index (χ0n) is 53.1. The molecule has 92 heavy (non-hydrogen) atoms. The molecule has 0 aliphatic heterocycles. The topological polar surface area (TPSA) is 303 Å². The minimum Gasteiger partial charge on any atom is -0.507 e. The maximum Gasteiger partial charge on any atom is 0.157 e. The molecule has 0 fully saturated rings. The molecule has 0 bridgehead atoms. The molecule has 0 aliphatic rings. The molecule has 0 heterocycles. The van der Waals surface area contributed by atoms with Crippen LogP contribution >= 0.6 is 0 Å². The summed E-state index contributed by atoms with van der Waals surface area (Å²) < 4.78 is 0. The molecule has 0 unspecified atom stereocenters. The van der Waals surface area contributed by atoms with Gasteiger partial charge >= 0.3 is 0 Å². The van der Waals surface area contributed by atoms with Gasteiger partial charge in [-0.25, -0.2) is 0 Å². The van der Waals surface area contributed by atoms with Crippen LogP contribution in [0.3, 0.4) is 0 Å². The molecule has 15 nitrogen and oxygen atoms in total. The van der Waals surface area contributed by atoms with Crippen molar-refractivity contribution in [3.63, 3.8) is 0 Å². The lowest BCUT2D eigenvalue weighted by Crippen LogP contribution is -2.27. The summed E-state index contributed by atoms with van der Waals surface area (Å²) in [6, 6.07) is 36.0. The summed E-state index contributed by atoms with van der Waals surface area (Å²) in [5.74, 6) is -7.85. The molecule has 0 saturated heterocycles. The van der Waals surface area contributed by atoms with Crippen molar-refractivity contribution >= 4 is 0 Å². The van der Waals surface area contributed by atoms with Crippen molar-refractivity contribution in [3.8, 4) is 86.2 Å². The van der Waals surface area contributed by atoms with Gasteiger partial charge in [0.15, 0.2) is 69.0 Å². The molecular formula is C77H76O15. The Balaban J connectivity index is 1.24. The summed E-state index contributed by atoms with van der Waals surface area (Å²) in [7, 11) is 0. The minimum absolute atomic E-state index is 0.0549. The van der Waals surface area contributed by atoms with Gasteiger partial charge in [-0.1, -0.05) is 62.4 Å². The third-order valence-corrected chi connectivity index (χ3v) is 19.0. The summed E-state index contributed by atoms with van der Waals surface area (Å²) in [6.45, 7) is 21.8. The number of rotatable bonds is 14. The molecule has 10 rings (SSSR count). The van der Waals surface area contributed by atoms with Crippen molar-refractivity contribution < 1.29 is 76.6 Å². The first kappa shape index (κ1) is 64.2. The van der Waals surface area contributed by atoms with Crippen LogP contribution in [-0.4, -0.2) is 76.6 Å². The van der Waals surface area contributed by atoms with Crippen LogP contribution in [0.5, 0.6) is 86.2 Å². The van der Waals surface area contributed by atoms with Crippen molar-refractivity contribution in [3.05, 3.63) is 261 Å². The number of aryl methyl sites for hydroxylation is 9. The van der Waals surface area contributed by atoms with Crippen LogP contribution in [0.4, 0.5) is 0 Å². The first-order valence-electron chi connectivity index (χ1n) is 29.9. The zero-order chi connectivity index (χ0) is 67.2. The van der Waals surface area contributed by atoms with Gasteiger partial charge in [-0.05, 0) is 265 Å². The van der Waals surface area contributed by atoms with Gasteiger partial charge in [0.1, 0.15) is 17.2 Å². The van der Waals surface area contributed by atoms with Crippen molar-refractivity contribution in [2.45, 2.75) is 112 Å². The first-order valence-corrected chi connectivity index (χ1v) is 29.9. The van der Waals surface area contributed by atoms with E-state index in [1.54, 1.807) is 62.3 Å². The van der Waals surface area contributed by atoms with Gasteiger partial charge in [0.2, 0.25) is 0 Å². The Kier molecular flexibility index (Phi) is 16.4. The average molecular weight is 1240 g/mol. The third kappa shape index (κ3) is 11.1. The number of phenols is 15. The van der Waals surface area contributed by atoms with Crippen LogP contribution < -0.4 is 0 Å². The minimum atomic E-state index is -1.30. The molecule has 0 spiro atoms. The quantitative estimate of drug-likeness (QED) is 0.0356. The molecule has 10 aromatic rings. The third-order valence-electron chi connectivity index (χ3n) is 19.0. The van der Waals surface area contributed by atoms with Gasteiger partial charge in [-0.3, -0.25) is 0 Å². The Morgan fingerprint density at radius 3 is 0.641 bits per heavy atom. The smallest absolute Gasteiger partial charge is 0.157 e. The SMILES string of the molecule is Cc1cc(O)c(O)cc1C(c1cc(O)c(O)cc1C)c1cc(C(C)(C)c2ccc(C(C)(c3cc(C)c(O)c(C(c4cc(O)c(O)cc4C)c4cc(O)c(O)cc4C)c3)c3cc(C)c(O)c(C(c4cc(O)c(O)cc4C)c4cc(O)c(O)cc4C)c3)cc2)cc(C)c1O.